The van der Waals surface area contributed by atoms with E-state index in [-0.39, 0.29) is 0 Å². The van der Waals surface area contributed by atoms with Crippen molar-refractivity contribution in [2.24, 2.45) is 0 Å². The minimum absolute atomic E-state index is 0.545. The number of rotatable bonds is 6. The highest BCUT2D eigenvalue weighted by Gasteiger charge is 2.14. The second-order valence-electron chi connectivity index (χ2n) is 4.15. The molecule has 1 aliphatic rings. The van der Waals surface area contributed by atoms with Crippen molar-refractivity contribution in [3.8, 4) is 0 Å². The third-order valence-corrected chi connectivity index (χ3v) is 4.15. The average Bonchev–Trinajstić information content (AvgIpc) is 2.83. The van der Waals surface area contributed by atoms with Crippen molar-refractivity contribution < 1.29 is 4.42 Å². The molecule has 1 aliphatic heterocycles. The topological polar surface area (TPSA) is 63.0 Å². The zero-order chi connectivity index (χ0) is 11.9. The first-order valence-corrected chi connectivity index (χ1v) is 7.32. The van der Waals surface area contributed by atoms with Gasteiger partial charge in [0.25, 0.3) is 0 Å². The van der Waals surface area contributed by atoms with Gasteiger partial charge < -0.3 is 15.1 Å². The first-order valence-electron chi connectivity index (χ1n) is 6.27. The summed E-state index contributed by atoms with van der Waals surface area (Å²) in [5.74, 6) is 1.92. The fourth-order valence-corrected chi connectivity index (χ4v) is 3.04. The molecule has 1 aromatic rings. The van der Waals surface area contributed by atoms with Gasteiger partial charge in [-0.3, -0.25) is 0 Å². The Bertz CT molecular complexity index is 325. The fraction of sp³-hybridized carbons (Fsp3) is 0.818. The highest BCUT2D eigenvalue weighted by molar-refractivity contribution is 7.99. The van der Waals surface area contributed by atoms with Crippen molar-refractivity contribution in [1.29, 1.82) is 0 Å². The number of hydrogen-bond acceptors (Lipinski definition) is 6. The molecule has 0 spiro atoms. The van der Waals surface area contributed by atoms with Crippen LogP contribution in [-0.4, -0.2) is 34.3 Å². The van der Waals surface area contributed by atoms with Crippen LogP contribution in [0.3, 0.4) is 0 Å². The summed E-state index contributed by atoms with van der Waals surface area (Å²) in [7, 11) is 0. The van der Waals surface area contributed by atoms with Gasteiger partial charge in [-0.15, -0.1) is 5.10 Å². The van der Waals surface area contributed by atoms with Gasteiger partial charge in [0, 0.05) is 11.8 Å². The van der Waals surface area contributed by atoms with Gasteiger partial charge >= 0.3 is 6.01 Å². The summed E-state index contributed by atoms with van der Waals surface area (Å²) in [6.07, 6.45) is 3.99. The maximum absolute atomic E-state index is 5.47. The molecule has 0 bridgehead atoms. The van der Waals surface area contributed by atoms with E-state index in [2.05, 4.69) is 27.8 Å². The molecular weight excluding hydrogens is 236 g/mol. The lowest BCUT2D eigenvalue weighted by molar-refractivity contribution is 0.480. The lowest BCUT2D eigenvalue weighted by atomic mass is 10.2. The van der Waals surface area contributed by atoms with Crippen molar-refractivity contribution in [3.05, 3.63) is 5.89 Å². The van der Waals surface area contributed by atoms with Gasteiger partial charge in [-0.2, -0.15) is 11.8 Å². The summed E-state index contributed by atoms with van der Waals surface area (Å²) in [4.78, 5) is 0. The molecule has 1 unspecified atom stereocenters. The van der Waals surface area contributed by atoms with E-state index in [0.29, 0.717) is 23.7 Å². The van der Waals surface area contributed by atoms with Crippen LogP contribution in [0.25, 0.3) is 0 Å². The zero-order valence-corrected chi connectivity index (χ0v) is 11.1. The van der Waals surface area contributed by atoms with Crippen LogP contribution in [0.4, 0.5) is 6.01 Å². The van der Waals surface area contributed by atoms with Gasteiger partial charge in [-0.25, -0.2) is 0 Å². The van der Waals surface area contributed by atoms with E-state index in [1.807, 2.05) is 11.8 Å². The van der Waals surface area contributed by atoms with Crippen LogP contribution in [0.2, 0.25) is 0 Å². The smallest absolute Gasteiger partial charge is 0.315 e. The zero-order valence-electron chi connectivity index (χ0n) is 10.2. The highest BCUT2D eigenvalue weighted by atomic mass is 32.2. The van der Waals surface area contributed by atoms with E-state index >= 15 is 0 Å². The average molecular weight is 256 g/mol. The molecule has 2 N–H and O–H groups in total. The standard InChI is InChI=1S/C11H20N4OS/c1-2-12-8-10-14-15-11(16-10)13-7-9-5-3-4-6-17-9/h9,12H,2-8H2,1H3,(H,13,15). The van der Waals surface area contributed by atoms with E-state index in [1.54, 1.807) is 0 Å². The number of aromatic nitrogens is 2. The first kappa shape index (κ1) is 12.7. The summed E-state index contributed by atoms with van der Waals surface area (Å²) in [5, 5.41) is 15.0. The molecule has 6 heteroatoms. The number of nitrogens with zero attached hydrogens (tertiary/aromatic N) is 2. The number of hydrogen-bond donors (Lipinski definition) is 2. The molecule has 96 valence electrons. The second kappa shape index (κ2) is 6.86. The van der Waals surface area contributed by atoms with Crippen LogP contribution in [0.5, 0.6) is 0 Å². The monoisotopic (exact) mass is 256 g/mol. The molecule has 0 aromatic carbocycles. The summed E-state index contributed by atoms with van der Waals surface area (Å²) < 4.78 is 5.47. The first-order chi connectivity index (χ1) is 8.38. The molecule has 1 saturated heterocycles. The highest BCUT2D eigenvalue weighted by Crippen LogP contribution is 2.25. The summed E-state index contributed by atoms with van der Waals surface area (Å²) in [6.45, 7) is 4.52. The number of thioether (sulfide) groups is 1. The Hall–Kier alpha value is -0.750. The largest absolute Gasteiger partial charge is 0.407 e. The van der Waals surface area contributed by atoms with Crippen LogP contribution >= 0.6 is 11.8 Å². The molecule has 1 aromatic heterocycles. The molecule has 2 heterocycles. The van der Waals surface area contributed by atoms with Crippen LogP contribution in [0, 0.1) is 0 Å². The van der Waals surface area contributed by atoms with Gasteiger partial charge in [0.2, 0.25) is 5.89 Å². The predicted octanol–water partition coefficient (Wildman–Crippen LogP) is 1.88. The number of anilines is 1. The van der Waals surface area contributed by atoms with Gasteiger partial charge in [-0.05, 0) is 25.1 Å². The van der Waals surface area contributed by atoms with Crippen molar-refractivity contribution in [1.82, 2.24) is 15.5 Å². The quantitative estimate of drug-likeness (QED) is 0.810. The summed E-state index contributed by atoms with van der Waals surface area (Å²) in [6, 6.07) is 0.545. The molecule has 0 aliphatic carbocycles. The van der Waals surface area contributed by atoms with Crippen molar-refractivity contribution in [2.75, 3.05) is 24.2 Å². The minimum atomic E-state index is 0.545. The van der Waals surface area contributed by atoms with Crippen LogP contribution < -0.4 is 10.6 Å². The van der Waals surface area contributed by atoms with E-state index < -0.39 is 0 Å². The maximum atomic E-state index is 5.47. The molecule has 1 fully saturated rings. The van der Waals surface area contributed by atoms with Gasteiger partial charge in [0.1, 0.15) is 0 Å². The minimum Gasteiger partial charge on any atom is -0.407 e. The van der Waals surface area contributed by atoms with Crippen molar-refractivity contribution >= 4 is 17.8 Å². The van der Waals surface area contributed by atoms with Gasteiger partial charge in [0.15, 0.2) is 0 Å². The molecule has 5 nitrogen and oxygen atoms in total. The predicted molar refractivity (Wildman–Crippen MR) is 70.3 cm³/mol. The van der Waals surface area contributed by atoms with E-state index in [1.165, 1.54) is 25.0 Å². The maximum Gasteiger partial charge on any atom is 0.315 e. The Kier molecular flexibility index (Phi) is 5.12. The van der Waals surface area contributed by atoms with Gasteiger partial charge in [0.05, 0.1) is 6.54 Å². The fourth-order valence-electron chi connectivity index (χ4n) is 1.80. The van der Waals surface area contributed by atoms with E-state index in [0.717, 1.165) is 13.1 Å². The molecule has 0 saturated carbocycles. The lowest BCUT2D eigenvalue weighted by Crippen LogP contribution is -2.20. The third-order valence-electron chi connectivity index (χ3n) is 2.75. The van der Waals surface area contributed by atoms with E-state index in [9.17, 15) is 0 Å². The Labute approximate surface area is 106 Å². The summed E-state index contributed by atoms with van der Waals surface area (Å²) >= 11 is 2.04. The SMILES string of the molecule is CCNCc1nnc(NCC2CCCCS2)o1. The molecular formula is C11H20N4OS. The van der Waals surface area contributed by atoms with E-state index in [4.69, 9.17) is 4.42 Å². The third kappa shape index (κ3) is 4.20. The van der Waals surface area contributed by atoms with Crippen LogP contribution in [0.1, 0.15) is 32.1 Å². The Morgan fingerprint density at radius 3 is 3.12 bits per heavy atom. The Balaban J connectivity index is 1.72. The van der Waals surface area contributed by atoms with Crippen molar-refractivity contribution in [3.63, 3.8) is 0 Å². The molecule has 17 heavy (non-hydrogen) atoms. The molecule has 0 amide bonds. The Morgan fingerprint density at radius 1 is 1.41 bits per heavy atom. The summed E-state index contributed by atoms with van der Waals surface area (Å²) in [5.41, 5.74) is 0. The normalized spacial score (nSPS) is 20.4. The lowest BCUT2D eigenvalue weighted by Gasteiger charge is -2.20. The van der Waals surface area contributed by atoms with Crippen LogP contribution in [0.15, 0.2) is 4.42 Å². The molecule has 2 rings (SSSR count). The number of nitrogens with one attached hydrogen (secondary N) is 2. The Morgan fingerprint density at radius 2 is 2.35 bits per heavy atom. The van der Waals surface area contributed by atoms with Gasteiger partial charge in [-0.1, -0.05) is 18.4 Å². The molecule has 0 radical (unpaired) electrons. The van der Waals surface area contributed by atoms with Crippen LogP contribution in [-0.2, 0) is 6.54 Å². The second-order valence-corrected chi connectivity index (χ2v) is 5.56. The van der Waals surface area contributed by atoms with Crippen molar-refractivity contribution in [2.45, 2.75) is 38.0 Å². The molecule has 1 atom stereocenters.